The lowest BCUT2D eigenvalue weighted by Crippen LogP contribution is -2.55. The molecule has 0 bridgehead atoms. The van der Waals surface area contributed by atoms with Gasteiger partial charge in [0.15, 0.2) is 0 Å². The van der Waals surface area contributed by atoms with Crippen LogP contribution in [0.15, 0.2) is 0 Å². The number of carbonyl (C=O) groups excluding carboxylic acids is 2. The third-order valence-electron chi connectivity index (χ3n) is 5.22. The summed E-state index contributed by atoms with van der Waals surface area (Å²) < 4.78 is 11.0. The van der Waals surface area contributed by atoms with Crippen LogP contribution >= 0.6 is 11.6 Å². The predicted octanol–water partition coefficient (Wildman–Crippen LogP) is 3.87. The van der Waals surface area contributed by atoms with Crippen LogP contribution in [0.1, 0.15) is 59.7 Å². The van der Waals surface area contributed by atoms with E-state index in [9.17, 15) is 9.59 Å². The average molecular weight is 468 g/mol. The third-order valence-corrected chi connectivity index (χ3v) is 5.39. The zero-order valence-corrected chi connectivity index (χ0v) is 20.8. The van der Waals surface area contributed by atoms with Crippen LogP contribution in [0.5, 0.6) is 0 Å². The van der Waals surface area contributed by atoms with E-state index < -0.39 is 11.2 Å². The molecule has 2 aliphatic rings. The van der Waals surface area contributed by atoms with Crippen molar-refractivity contribution in [3.05, 3.63) is 16.5 Å². The van der Waals surface area contributed by atoms with Crippen molar-refractivity contribution >= 4 is 29.6 Å². The third kappa shape index (κ3) is 5.94. The van der Waals surface area contributed by atoms with Gasteiger partial charge in [0.05, 0.1) is 12.2 Å². The summed E-state index contributed by atoms with van der Waals surface area (Å²) in [7, 11) is 0. The number of aromatic nitrogens is 2. The highest BCUT2D eigenvalue weighted by Crippen LogP contribution is 2.30. The Morgan fingerprint density at radius 1 is 0.969 bits per heavy atom. The summed E-state index contributed by atoms with van der Waals surface area (Å²) in [5.41, 5.74) is 0.634. The van der Waals surface area contributed by atoms with Gasteiger partial charge in [0.2, 0.25) is 5.28 Å². The van der Waals surface area contributed by atoms with E-state index in [2.05, 4.69) is 14.9 Å². The van der Waals surface area contributed by atoms with Gasteiger partial charge in [-0.05, 0) is 66.5 Å². The van der Waals surface area contributed by atoms with E-state index in [4.69, 9.17) is 21.1 Å². The fraction of sp³-hybridized carbons (Fsp3) is 0.727. The summed E-state index contributed by atoms with van der Waals surface area (Å²) >= 11 is 6.25. The van der Waals surface area contributed by atoms with Crippen LogP contribution in [0.25, 0.3) is 0 Å². The summed E-state index contributed by atoms with van der Waals surface area (Å²) in [4.78, 5) is 39.5. The first-order valence-electron chi connectivity index (χ1n) is 11.0. The van der Waals surface area contributed by atoms with E-state index in [-0.39, 0.29) is 23.5 Å². The topological polar surface area (TPSA) is 88.1 Å². The van der Waals surface area contributed by atoms with Crippen molar-refractivity contribution in [1.82, 2.24) is 19.8 Å². The SMILES string of the molecule is CC1CN(c2nc(Cl)nc3c2CCN(C(=O)OC(C)(C)C)C3)CCN1C(=O)OC(C)(C)C. The Morgan fingerprint density at radius 3 is 2.19 bits per heavy atom. The summed E-state index contributed by atoms with van der Waals surface area (Å²) in [6, 6.07) is -0.0511. The molecular formula is C22H34ClN5O4. The lowest BCUT2D eigenvalue weighted by Gasteiger charge is -2.41. The molecule has 2 aliphatic heterocycles. The molecule has 0 N–H and O–H groups in total. The van der Waals surface area contributed by atoms with Crippen LogP contribution in [0.4, 0.5) is 15.4 Å². The number of halogens is 1. The second kappa shape index (κ2) is 8.92. The molecule has 0 aliphatic carbocycles. The van der Waals surface area contributed by atoms with Crippen LogP contribution in [0.2, 0.25) is 5.28 Å². The van der Waals surface area contributed by atoms with Gasteiger partial charge < -0.3 is 24.2 Å². The van der Waals surface area contributed by atoms with Gasteiger partial charge in [0.25, 0.3) is 0 Å². The van der Waals surface area contributed by atoms with Crippen molar-refractivity contribution in [2.45, 2.75) is 78.7 Å². The van der Waals surface area contributed by atoms with E-state index in [0.29, 0.717) is 39.1 Å². The van der Waals surface area contributed by atoms with Crippen LogP contribution in [-0.4, -0.2) is 75.4 Å². The molecule has 9 nitrogen and oxygen atoms in total. The lowest BCUT2D eigenvalue weighted by atomic mass is 10.0. The van der Waals surface area contributed by atoms with Gasteiger partial charge in [0, 0.05) is 37.8 Å². The van der Waals surface area contributed by atoms with Crippen molar-refractivity contribution < 1.29 is 19.1 Å². The molecule has 1 aromatic heterocycles. The number of rotatable bonds is 1. The Hall–Kier alpha value is -2.29. The largest absolute Gasteiger partial charge is 0.444 e. The van der Waals surface area contributed by atoms with Crippen molar-refractivity contribution in [3.63, 3.8) is 0 Å². The van der Waals surface area contributed by atoms with E-state index in [0.717, 1.165) is 17.1 Å². The molecule has 32 heavy (non-hydrogen) atoms. The molecule has 0 radical (unpaired) electrons. The maximum atomic E-state index is 12.5. The quantitative estimate of drug-likeness (QED) is 0.579. The highest BCUT2D eigenvalue weighted by molar-refractivity contribution is 6.28. The molecule has 1 atom stereocenters. The molecule has 1 fully saturated rings. The first-order chi connectivity index (χ1) is 14.7. The summed E-state index contributed by atoms with van der Waals surface area (Å²) in [5, 5.41) is 0.145. The fourth-order valence-electron chi connectivity index (χ4n) is 3.87. The van der Waals surface area contributed by atoms with Gasteiger partial charge >= 0.3 is 12.2 Å². The van der Waals surface area contributed by atoms with Gasteiger partial charge in [0.1, 0.15) is 17.0 Å². The number of piperazine rings is 1. The Labute approximate surface area is 195 Å². The second-order valence-electron chi connectivity index (χ2n) is 10.4. The fourth-order valence-corrected chi connectivity index (χ4v) is 4.05. The van der Waals surface area contributed by atoms with Gasteiger partial charge in [-0.1, -0.05) is 0 Å². The van der Waals surface area contributed by atoms with Crippen molar-refractivity contribution in [2.75, 3.05) is 31.1 Å². The Bertz CT molecular complexity index is 880. The number of anilines is 1. The molecule has 178 valence electrons. The first-order valence-corrected chi connectivity index (χ1v) is 11.4. The highest BCUT2D eigenvalue weighted by Gasteiger charge is 2.34. The molecule has 10 heteroatoms. The van der Waals surface area contributed by atoms with Crippen LogP contribution < -0.4 is 4.90 Å². The van der Waals surface area contributed by atoms with Crippen molar-refractivity contribution in [3.8, 4) is 0 Å². The number of fused-ring (bicyclic) bond motifs is 1. The molecule has 2 amide bonds. The standard InChI is InChI=1S/C22H34ClN5O4/c1-14-12-26(10-11-28(14)20(30)32-22(5,6)7)17-15-8-9-27(19(29)31-21(2,3)4)13-16(15)24-18(23)25-17/h14H,8-13H2,1-7H3. The van der Waals surface area contributed by atoms with Crippen molar-refractivity contribution in [1.29, 1.82) is 0 Å². The number of amides is 2. The molecule has 0 aromatic carbocycles. The van der Waals surface area contributed by atoms with Crippen LogP contribution in [0, 0.1) is 0 Å². The molecule has 1 saturated heterocycles. The molecule has 0 spiro atoms. The monoisotopic (exact) mass is 467 g/mol. The van der Waals surface area contributed by atoms with E-state index >= 15 is 0 Å². The minimum atomic E-state index is -0.560. The van der Waals surface area contributed by atoms with Crippen molar-refractivity contribution in [2.24, 2.45) is 0 Å². The van der Waals surface area contributed by atoms with Gasteiger partial charge in [-0.25, -0.2) is 19.6 Å². The predicted molar refractivity (Wildman–Crippen MR) is 122 cm³/mol. The molecule has 0 saturated carbocycles. The minimum absolute atomic E-state index is 0.0511. The number of nitrogens with zero attached hydrogens (tertiary/aromatic N) is 5. The van der Waals surface area contributed by atoms with Gasteiger partial charge in [-0.3, -0.25) is 0 Å². The van der Waals surface area contributed by atoms with E-state index in [1.807, 2.05) is 48.5 Å². The van der Waals surface area contributed by atoms with Crippen LogP contribution in [-0.2, 0) is 22.4 Å². The zero-order valence-electron chi connectivity index (χ0n) is 20.1. The molecule has 1 aromatic rings. The summed E-state index contributed by atoms with van der Waals surface area (Å²) in [6.07, 6.45) is -0.0544. The van der Waals surface area contributed by atoms with Gasteiger partial charge in [-0.15, -0.1) is 0 Å². The molecular weight excluding hydrogens is 434 g/mol. The summed E-state index contributed by atoms with van der Waals surface area (Å²) in [5.74, 6) is 0.777. The number of hydrogen-bond acceptors (Lipinski definition) is 7. The maximum Gasteiger partial charge on any atom is 0.410 e. The van der Waals surface area contributed by atoms with E-state index in [1.165, 1.54) is 0 Å². The Morgan fingerprint density at radius 2 is 1.59 bits per heavy atom. The average Bonchev–Trinajstić information content (AvgIpc) is 2.63. The number of hydrogen-bond donors (Lipinski definition) is 0. The smallest absolute Gasteiger partial charge is 0.410 e. The van der Waals surface area contributed by atoms with Crippen LogP contribution in [0.3, 0.4) is 0 Å². The van der Waals surface area contributed by atoms with E-state index in [1.54, 1.807) is 9.80 Å². The molecule has 3 heterocycles. The highest BCUT2D eigenvalue weighted by atomic mass is 35.5. The Kier molecular flexibility index (Phi) is 6.79. The number of carbonyl (C=O) groups is 2. The maximum absolute atomic E-state index is 12.5. The molecule has 1 unspecified atom stereocenters. The number of ether oxygens (including phenoxy) is 2. The normalized spacial score (nSPS) is 19.5. The second-order valence-corrected chi connectivity index (χ2v) is 10.7. The minimum Gasteiger partial charge on any atom is -0.444 e. The summed E-state index contributed by atoms with van der Waals surface area (Å²) in [6.45, 7) is 15.7. The molecule has 3 rings (SSSR count). The zero-order chi connectivity index (χ0) is 23.8. The van der Waals surface area contributed by atoms with Gasteiger partial charge in [-0.2, -0.15) is 0 Å². The lowest BCUT2D eigenvalue weighted by molar-refractivity contribution is 0.0158. The Balaban J connectivity index is 1.75. The first kappa shape index (κ1) is 24.4.